The van der Waals surface area contributed by atoms with Gasteiger partial charge in [0.2, 0.25) is 0 Å². The highest BCUT2D eigenvalue weighted by Gasteiger charge is 2.09. The molecule has 120 valence electrons. The normalized spacial score (nSPS) is 10.3. The fourth-order valence-corrected chi connectivity index (χ4v) is 2.61. The number of carbonyl (C=O) groups is 2. The van der Waals surface area contributed by atoms with Gasteiger partial charge in [-0.2, -0.15) is 0 Å². The van der Waals surface area contributed by atoms with Crippen LogP contribution >= 0.6 is 11.8 Å². The summed E-state index contributed by atoms with van der Waals surface area (Å²) in [5.74, 6) is -0.283. The molecule has 0 bridgehead atoms. The van der Waals surface area contributed by atoms with E-state index >= 15 is 0 Å². The number of esters is 1. The number of aryl methyl sites for hydroxylation is 1. The van der Waals surface area contributed by atoms with Gasteiger partial charge in [-0.05, 0) is 49.4 Å². The summed E-state index contributed by atoms with van der Waals surface area (Å²) in [6, 6.07) is 14.9. The van der Waals surface area contributed by atoms with Gasteiger partial charge in [0.05, 0.1) is 12.2 Å². The molecule has 2 aromatic rings. The topological polar surface area (TPSA) is 43.4 Å². The van der Waals surface area contributed by atoms with E-state index in [4.69, 9.17) is 4.74 Å². The summed E-state index contributed by atoms with van der Waals surface area (Å²) in [6.07, 6.45) is 3.21. The first-order valence-electron chi connectivity index (χ1n) is 7.57. The minimum Gasteiger partial charge on any atom is -0.462 e. The zero-order valence-electron chi connectivity index (χ0n) is 13.4. The first-order valence-corrected chi connectivity index (χ1v) is 8.80. The standard InChI is InChI=1S/C19H20O3S/c1-3-22-19(21)16-9-7-15(8-10-16)18(20)13-6-14-4-11-17(23-2)12-5-14/h4-5,7-12H,3,6,13H2,1-2H3. The van der Waals surface area contributed by atoms with Crippen LogP contribution in [0.1, 0.15) is 39.6 Å². The molecule has 4 heteroatoms. The Kier molecular flexibility index (Phi) is 6.41. The Bertz CT molecular complexity index is 660. The first kappa shape index (κ1) is 17.3. The molecule has 3 nitrogen and oxygen atoms in total. The first-order chi connectivity index (χ1) is 11.1. The SMILES string of the molecule is CCOC(=O)c1ccc(C(=O)CCc2ccc(SC)cc2)cc1. The summed E-state index contributed by atoms with van der Waals surface area (Å²) in [5.41, 5.74) is 2.24. The molecule has 0 aliphatic rings. The Morgan fingerprint density at radius 3 is 2.13 bits per heavy atom. The van der Waals surface area contributed by atoms with Crippen molar-refractivity contribution in [1.82, 2.24) is 0 Å². The summed E-state index contributed by atoms with van der Waals surface area (Å²) < 4.78 is 4.93. The summed E-state index contributed by atoms with van der Waals surface area (Å²) in [7, 11) is 0. The smallest absolute Gasteiger partial charge is 0.338 e. The fourth-order valence-electron chi connectivity index (χ4n) is 2.20. The summed E-state index contributed by atoms with van der Waals surface area (Å²) >= 11 is 1.70. The molecule has 0 aliphatic heterocycles. The van der Waals surface area contributed by atoms with Crippen LogP contribution in [0.3, 0.4) is 0 Å². The summed E-state index contributed by atoms with van der Waals surface area (Å²) in [5, 5.41) is 0. The van der Waals surface area contributed by atoms with E-state index in [0.29, 0.717) is 30.6 Å². The van der Waals surface area contributed by atoms with Gasteiger partial charge in [0.15, 0.2) is 5.78 Å². The lowest BCUT2D eigenvalue weighted by Crippen LogP contribution is -2.06. The second kappa shape index (κ2) is 8.53. The predicted molar refractivity (Wildman–Crippen MR) is 93.3 cm³/mol. The zero-order chi connectivity index (χ0) is 16.7. The van der Waals surface area contributed by atoms with Crippen molar-refractivity contribution in [3.63, 3.8) is 0 Å². The van der Waals surface area contributed by atoms with Gasteiger partial charge in [-0.15, -0.1) is 11.8 Å². The Balaban J connectivity index is 1.93. The molecule has 0 N–H and O–H groups in total. The van der Waals surface area contributed by atoms with Crippen LogP contribution in [0.4, 0.5) is 0 Å². The fraction of sp³-hybridized carbons (Fsp3) is 0.263. The molecule has 0 fully saturated rings. The van der Waals surface area contributed by atoms with Crippen LogP contribution in [0.5, 0.6) is 0 Å². The molecular weight excluding hydrogens is 308 g/mol. The van der Waals surface area contributed by atoms with Gasteiger partial charge in [0, 0.05) is 16.9 Å². The largest absolute Gasteiger partial charge is 0.462 e. The Hall–Kier alpha value is -2.07. The van der Waals surface area contributed by atoms with Gasteiger partial charge >= 0.3 is 5.97 Å². The predicted octanol–water partition coefficient (Wildman–Crippen LogP) is 4.40. The molecule has 0 heterocycles. The highest BCUT2D eigenvalue weighted by atomic mass is 32.2. The molecule has 0 aromatic heterocycles. The number of carbonyl (C=O) groups excluding carboxylic acids is 2. The molecule has 2 rings (SSSR count). The maximum atomic E-state index is 12.2. The number of benzene rings is 2. The van der Waals surface area contributed by atoms with Gasteiger partial charge in [-0.25, -0.2) is 4.79 Å². The van der Waals surface area contributed by atoms with Crippen molar-refractivity contribution in [1.29, 1.82) is 0 Å². The maximum Gasteiger partial charge on any atom is 0.338 e. The third kappa shape index (κ3) is 4.96. The van der Waals surface area contributed by atoms with Crippen molar-refractivity contribution in [2.75, 3.05) is 12.9 Å². The Labute approximate surface area is 141 Å². The number of ketones is 1. The van der Waals surface area contributed by atoms with Crippen LogP contribution in [0, 0.1) is 0 Å². The third-order valence-corrected chi connectivity index (χ3v) is 4.26. The van der Waals surface area contributed by atoms with E-state index in [1.165, 1.54) is 4.90 Å². The molecule has 0 amide bonds. The third-order valence-electron chi connectivity index (χ3n) is 3.52. The lowest BCUT2D eigenvalue weighted by molar-refractivity contribution is 0.0526. The number of hydrogen-bond acceptors (Lipinski definition) is 4. The number of rotatable bonds is 7. The molecule has 0 unspecified atom stereocenters. The minimum absolute atomic E-state index is 0.0781. The van der Waals surface area contributed by atoms with Crippen LogP contribution in [0.15, 0.2) is 53.4 Å². The molecule has 0 spiro atoms. The van der Waals surface area contributed by atoms with E-state index in [1.54, 1.807) is 43.0 Å². The average Bonchev–Trinajstić information content (AvgIpc) is 2.60. The molecule has 0 aliphatic carbocycles. The highest BCUT2D eigenvalue weighted by Crippen LogP contribution is 2.16. The van der Waals surface area contributed by atoms with Crippen LogP contribution < -0.4 is 0 Å². The number of thioether (sulfide) groups is 1. The van der Waals surface area contributed by atoms with E-state index in [0.717, 1.165) is 5.56 Å². The van der Waals surface area contributed by atoms with Gasteiger partial charge in [-0.1, -0.05) is 24.3 Å². The Morgan fingerprint density at radius 2 is 1.57 bits per heavy atom. The minimum atomic E-state index is -0.361. The molecular formula is C19H20O3S. The molecule has 0 atom stereocenters. The lowest BCUT2D eigenvalue weighted by Gasteiger charge is -2.05. The summed E-state index contributed by atoms with van der Waals surface area (Å²) in [6.45, 7) is 2.11. The number of ether oxygens (including phenoxy) is 1. The zero-order valence-corrected chi connectivity index (χ0v) is 14.2. The van der Waals surface area contributed by atoms with Crippen molar-refractivity contribution in [2.45, 2.75) is 24.7 Å². The van der Waals surface area contributed by atoms with Crippen molar-refractivity contribution < 1.29 is 14.3 Å². The van der Waals surface area contributed by atoms with E-state index in [2.05, 4.69) is 24.3 Å². The average molecular weight is 328 g/mol. The van der Waals surface area contributed by atoms with E-state index in [9.17, 15) is 9.59 Å². The van der Waals surface area contributed by atoms with Crippen molar-refractivity contribution in [2.24, 2.45) is 0 Å². The van der Waals surface area contributed by atoms with Gasteiger partial charge in [-0.3, -0.25) is 4.79 Å². The quantitative estimate of drug-likeness (QED) is 0.429. The second-order valence-electron chi connectivity index (χ2n) is 5.07. The van der Waals surface area contributed by atoms with Crippen LogP contribution in [0.25, 0.3) is 0 Å². The monoisotopic (exact) mass is 328 g/mol. The highest BCUT2D eigenvalue weighted by molar-refractivity contribution is 7.98. The number of Topliss-reactive ketones (excluding diaryl/α,β-unsaturated/α-hetero) is 1. The van der Waals surface area contributed by atoms with Crippen LogP contribution in [-0.4, -0.2) is 24.6 Å². The second-order valence-corrected chi connectivity index (χ2v) is 5.95. The van der Waals surface area contributed by atoms with Crippen LogP contribution in [0.2, 0.25) is 0 Å². The van der Waals surface area contributed by atoms with Gasteiger partial charge < -0.3 is 4.74 Å². The van der Waals surface area contributed by atoms with Crippen molar-refractivity contribution in [3.8, 4) is 0 Å². The molecule has 0 saturated heterocycles. The molecule has 2 aromatic carbocycles. The van der Waals surface area contributed by atoms with Crippen molar-refractivity contribution in [3.05, 3.63) is 65.2 Å². The molecule has 23 heavy (non-hydrogen) atoms. The van der Waals surface area contributed by atoms with Crippen molar-refractivity contribution >= 4 is 23.5 Å². The molecule has 0 saturated carbocycles. The van der Waals surface area contributed by atoms with E-state index in [1.807, 2.05) is 6.26 Å². The van der Waals surface area contributed by atoms with E-state index in [-0.39, 0.29) is 11.8 Å². The maximum absolute atomic E-state index is 12.2. The summed E-state index contributed by atoms with van der Waals surface area (Å²) in [4.78, 5) is 25.0. The molecule has 0 radical (unpaired) electrons. The van der Waals surface area contributed by atoms with Crippen LogP contribution in [-0.2, 0) is 11.2 Å². The van der Waals surface area contributed by atoms with E-state index < -0.39 is 0 Å². The number of hydrogen-bond donors (Lipinski definition) is 0. The van der Waals surface area contributed by atoms with Gasteiger partial charge in [0.1, 0.15) is 0 Å². The lowest BCUT2D eigenvalue weighted by atomic mass is 10.0. The van der Waals surface area contributed by atoms with Gasteiger partial charge in [0.25, 0.3) is 0 Å². The Morgan fingerprint density at radius 1 is 0.957 bits per heavy atom.